The lowest BCUT2D eigenvalue weighted by Crippen LogP contribution is -2.52. The number of halogens is 1. The van der Waals surface area contributed by atoms with Gasteiger partial charge in [-0.05, 0) is 43.7 Å². The largest absolute Gasteiger partial charge is 0.481 e. The number of benzene rings is 2. The first-order valence-electron chi connectivity index (χ1n) is 8.56. The average Bonchev–Trinajstić information content (AvgIpc) is 2.62. The fraction of sp³-hybridized carbons (Fsp3) is 0.350. The maximum Gasteiger partial charge on any atom is 0.263 e. The molecular weight excluding hydrogens is 319 g/mol. The van der Waals surface area contributed by atoms with Gasteiger partial charge in [-0.1, -0.05) is 24.3 Å². The Bertz CT molecular complexity index is 742. The Morgan fingerprint density at radius 1 is 1.08 bits per heavy atom. The first-order valence-corrected chi connectivity index (χ1v) is 8.56. The van der Waals surface area contributed by atoms with Crippen molar-refractivity contribution in [3.05, 3.63) is 59.9 Å². The summed E-state index contributed by atoms with van der Waals surface area (Å²) >= 11 is 0. The molecule has 2 aromatic rings. The van der Waals surface area contributed by atoms with Crippen LogP contribution in [0, 0.1) is 12.7 Å². The first kappa shape index (κ1) is 17.3. The number of nitrogens with zero attached hydrogens (tertiary/aromatic N) is 2. The zero-order valence-corrected chi connectivity index (χ0v) is 14.6. The van der Waals surface area contributed by atoms with Crippen molar-refractivity contribution in [1.29, 1.82) is 0 Å². The van der Waals surface area contributed by atoms with Crippen molar-refractivity contribution in [3.8, 4) is 5.75 Å². The van der Waals surface area contributed by atoms with E-state index >= 15 is 0 Å². The van der Waals surface area contributed by atoms with Gasteiger partial charge in [0.1, 0.15) is 11.6 Å². The fourth-order valence-electron chi connectivity index (χ4n) is 3.08. The lowest BCUT2D eigenvalue weighted by Gasteiger charge is -2.37. The van der Waals surface area contributed by atoms with Crippen LogP contribution in [0.2, 0.25) is 0 Å². The Labute approximate surface area is 147 Å². The van der Waals surface area contributed by atoms with E-state index in [1.165, 1.54) is 6.07 Å². The summed E-state index contributed by atoms with van der Waals surface area (Å²) in [4.78, 5) is 16.4. The number of para-hydroxylation sites is 1. The summed E-state index contributed by atoms with van der Waals surface area (Å²) in [5.41, 5.74) is 1.69. The van der Waals surface area contributed by atoms with Crippen molar-refractivity contribution in [2.75, 3.05) is 31.1 Å². The van der Waals surface area contributed by atoms with Crippen LogP contribution in [0.25, 0.3) is 0 Å². The minimum atomic E-state index is -0.540. The van der Waals surface area contributed by atoms with Crippen LogP contribution in [0.5, 0.6) is 5.75 Å². The van der Waals surface area contributed by atoms with Crippen LogP contribution in [0.3, 0.4) is 0 Å². The van der Waals surface area contributed by atoms with E-state index < -0.39 is 6.10 Å². The van der Waals surface area contributed by atoms with Crippen molar-refractivity contribution in [2.45, 2.75) is 20.0 Å². The second-order valence-electron chi connectivity index (χ2n) is 6.34. The SMILES string of the molecule is Cc1cccc(OC(C)C(=O)N2CCN(c3ccccc3F)CC2)c1. The van der Waals surface area contributed by atoms with Crippen LogP contribution >= 0.6 is 0 Å². The van der Waals surface area contributed by atoms with Crippen LogP contribution in [0.1, 0.15) is 12.5 Å². The number of piperazine rings is 1. The maximum atomic E-state index is 13.9. The van der Waals surface area contributed by atoms with Crippen molar-refractivity contribution in [2.24, 2.45) is 0 Å². The number of hydrogen-bond donors (Lipinski definition) is 0. The highest BCUT2D eigenvalue weighted by Crippen LogP contribution is 2.21. The van der Waals surface area contributed by atoms with E-state index in [0.717, 1.165) is 5.56 Å². The Morgan fingerprint density at radius 2 is 1.80 bits per heavy atom. The van der Waals surface area contributed by atoms with Gasteiger partial charge in [0.05, 0.1) is 5.69 Å². The molecular formula is C20H23FN2O2. The fourth-order valence-corrected chi connectivity index (χ4v) is 3.08. The average molecular weight is 342 g/mol. The molecule has 0 aromatic heterocycles. The summed E-state index contributed by atoms with van der Waals surface area (Å²) in [5.74, 6) is 0.443. The second kappa shape index (κ2) is 7.55. The molecule has 1 heterocycles. The van der Waals surface area contributed by atoms with Gasteiger partial charge in [0.25, 0.3) is 5.91 Å². The predicted octanol–water partition coefficient (Wildman–Crippen LogP) is 3.25. The third-order valence-electron chi connectivity index (χ3n) is 4.43. The predicted molar refractivity (Wildman–Crippen MR) is 96.5 cm³/mol. The van der Waals surface area contributed by atoms with Crippen LogP contribution in [-0.2, 0) is 4.79 Å². The molecule has 4 nitrogen and oxygen atoms in total. The molecule has 1 aliphatic rings. The van der Waals surface area contributed by atoms with Crippen molar-refractivity contribution >= 4 is 11.6 Å². The van der Waals surface area contributed by atoms with Gasteiger partial charge < -0.3 is 14.5 Å². The zero-order chi connectivity index (χ0) is 17.8. The van der Waals surface area contributed by atoms with Gasteiger partial charge in [0, 0.05) is 26.2 Å². The number of aryl methyl sites for hydroxylation is 1. The molecule has 0 saturated carbocycles. The Balaban J connectivity index is 1.57. The Kier molecular flexibility index (Phi) is 5.22. The summed E-state index contributed by atoms with van der Waals surface area (Å²) in [7, 11) is 0. The molecule has 5 heteroatoms. The van der Waals surface area contributed by atoms with Crippen LogP contribution in [-0.4, -0.2) is 43.1 Å². The topological polar surface area (TPSA) is 32.8 Å². The number of carbonyl (C=O) groups is 1. The number of rotatable bonds is 4. The van der Waals surface area contributed by atoms with E-state index in [0.29, 0.717) is 37.6 Å². The molecule has 1 atom stereocenters. The van der Waals surface area contributed by atoms with Gasteiger partial charge in [-0.3, -0.25) is 4.79 Å². The molecule has 0 bridgehead atoms. The standard InChI is InChI=1S/C20H23FN2O2/c1-15-6-5-7-17(14-15)25-16(2)20(24)23-12-10-22(11-13-23)19-9-4-3-8-18(19)21/h3-9,14,16H,10-13H2,1-2H3. The third kappa shape index (κ3) is 4.10. The van der Waals surface area contributed by atoms with E-state index in [1.807, 2.05) is 42.2 Å². The van der Waals surface area contributed by atoms with Gasteiger partial charge in [-0.25, -0.2) is 4.39 Å². The van der Waals surface area contributed by atoms with Crippen LogP contribution in [0.15, 0.2) is 48.5 Å². The number of amides is 1. The highest BCUT2D eigenvalue weighted by molar-refractivity contribution is 5.81. The molecule has 0 N–H and O–H groups in total. The van der Waals surface area contributed by atoms with Crippen molar-refractivity contribution in [1.82, 2.24) is 4.90 Å². The van der Waals surface area contributed by atoms with Gasteiger partial charge in [-0.2, -0.15) is 0 Å². The van der Waals surface area contributed by atoms with E-state index in [4.69, 9.17) is 4.74 Å². The smallest absolute Gasteiger partial charge is 0.263 e. The quantitative estimate of drug-likeness (QED) is 0.855. The van der Waals surface area contributed by atoms with Crippen LogP contribution in [0.4, 0.5) is 10.1 Å². The van der Waals surface area contributed by atoms with Gasteiger partial charge in [0.2, 0.25) is 0 Å². The third-order valence-corrected chi connectivity index (χ3v) is 4.43. The minimum Gasteiger partial charge on any atom is -0.481 e. The van der Waals surface area contributed by atoms with Crippen LogP contribution < -0.4 is 9.64 Å². The molecule has 0 aliphatic carbocycles. The monoisotopic (exact) mass is 342 g/mol. The summed E-state index contributed by atoms with van der Waals surface area (Å²) < 4.78 is 19.7. The zero-order valence-electron chi connectivity index (χ0n) is 14.6. The molecule has 1 fully saturated rings. The Hall–Kier alpha value is -2.56. The van der Waals surface area contributed by atoms with E-state index in [-0.39, 0.29) is 11.7 Å². The van der Waals surface area contributed by atoms with E-state index in [2.05, 4.69) is 0 Å². The molecule has 0 spiro atoms. The molecule has 1 aliphatic heterocycles. The first-order chi connectivity index (χ1) is 12.0. The second-order valence-corrected chi connectivity index (χ2v) is 6.34. The van der Waals surface area contributed by atoms with Crippen molar-refractivity contribution < 1.29 is 13.9 Å². The lowest BCUT2D eigenvalue weighted by atomic mass is 10.2. The summed E-state index contributed by atoms with van der Waals surface area (Å²) in [6.45, 7) is 6.12. The number of anilines is 1. The molecule has 1 amide bonds. The molecule has 25 heavy (non-hydrogen) atoms. The summed E-state index contributed by atoms with van der Waals surface area (Å²) in [6.07, 6.45) is -0.540. The minimum absolute atomic E-state index is 0.0327. The number of ether oxygens (including phenoxy) is 1. The molecule has 1 saturated heterocycles. The lowest BCUT2D eigenvalue weighted by molar-refractivity contribution is -0.138. The molecule has 132 valence electrons. The Morgan fingerprint density at radius 3 is 2.48 bits per heavy atom. The molecule has 1 unspecified atom stereocenters. The summed E-state index contributed by atoms with van der Waals surface area (Å²) in [6, 6.07) is 14.4. The maximum absolute atomic E-state index is 13.9. The van der Waals surface area contributed by atoms with E-state index in [9.17, 15) is 9.18 Å². The number of hydrogen-bond acceptors (Lipinski definition) is 3. The molecule has 0 radical (unpaired) electrons. The highest BCUT2D eigenvalue weighted by atomic mass is 19.1. The van der Waals surface area contributed by atoms with Crippen molar-refractivity contribution in [3.63, 3.8) is 0 Å². The normalized spacial score (nSPS) is 15.8. The highest BCUT2D eigenvalue weighted by Gasteiger charge is 2.26. The van der Waals surface area contributed by atoms with E-state index in [1.54, 1.807) is 24.0 Å². The van der Waals surface area contributed by atoms with Gasteiger partial charge >= 0.3 is 0 Å². The number of carbonyl (C=O) groups excluding carboxylic acids is 1. The summed E-state index contributed by atoms with van der Waals surface area (Å²) in [5, 5.41) is 0. The van der Waals surface area contributed by atoms with Gasteiger partial charge in [-0.15, -0.1) is 0 Å². The molecule has 3 rings (SSSR count). The van der Waals surface area contributed by atoms with Gasteiger partial charge in [0.15, 0.2) is 6.10 Å². The molecule has 2 aromatic carbocycles.